The molecule has 1 aliphatic rings. The van der Waals surface area contributed by atoms with Crippen LogP contribution in [0.1, 0.15) is 27.8 Å². The number of ether oxygens (including phenoxy) is 2. The number of hydrogen-bond donors (Lipinski definition) is 2. The van der Waals surface area contributed by atoms with Crippen LogP contribution in [0.2, 0.25) is 0 Å². The lowest BCUT2D eigenvalue weighted by atomic mass is 10.1. The average molecular weight is 493 g/mol. The third-order valence-electron chi connectivity index (χ3n) is 4.88. The van der Waals surface area contributed by atoms with E-state index in [2.05, 4.69) is 15.3 Å². The smallest absolute Gasteiger partial charge is 0.357 e. The fourth-order valence-corrected chi connectivity index (χ4v) is 5.42. The molecule has 0 saturated carbocycles. The number of fused-ring (bicyclic) bond motifs is 1. The molecule has 1 aromatic carbocycles. The number of amides is 1. The first-order valence-corrected chi connectivity index (χ1v) is 12.3. The lowest BCUT2D eigenvalue weighted by Crippen LogP contribution is -2.40. The Kier molecular flexibility index (Phi) is 6.56. The van der Waals surface area contributed by atoms with E-state index in [1.807, 2.05) is 0 Å². The van der Waals surface area contributed by atoms with E-state index in [1.54, 1.807) is 6.92 Å². The van der Waals surface area contributed by atoms with Gasteiger partial charge in [0.1, 0.15) is 0 Å². The van der Waals surface area contributed by atoms with E-state index >= 15 is 0 Å². The van der Waals surface area contributed by atoms with Crippen molar-refractivity contribution in [2.75, 3.05) is 38.2 Å². The maximum Gasteiger partial charge on any atom is 0.357 e. The van der Waals surface area contributed by atoms with Crippen LogP contribution in [0, 0.1) is 0 Å². The highest BCUT2D eigenvalue weighted by Crippen LogP contribution is 2.25. The number of H-pyrrole nitrogens is 1. The van der Waals surface area contributed by atoms with Crippen molar-refractivity contribution in [3.05, 3.63) is 51.3 Å². The number of esters is 1. The van der Waals surface area contributed by atoms with Gasteiger partial charge in [0.2, 0.25) is 15.6 Å². The summed E-state index contributed by atoms with van der Waals surface area (Å²) in [5, 5.41) is 4.38. The zero-order valence-corrected chi connectivity index (χ0v) is 19.1. The minimum Gasteiger partial charge on any atom is -0.461 e. The van der Waals surface area contributed by atoms with Gasteiger partial charge in [-0.1, -0.05) is 0 Å². The van der Waals surface area contributed by atoms with Crippen molar-refractivity contribution < 1.29 is 27.5 Å². The normalized spacial score (nSPS) is 14.8. The van der Waals surface area contributed by atoms with Crippen molar-refractivity contribution in [1.82, 2.24) is 14.3 Å². The number of thiazole rings is 1. The van der Waals surface area contributed by atoms with Crippen molar-refractivity contribution in [2.45, 2.75) is 11.8 Å². The molecule has 1 saturated heterocycles. The molecule has 3 heterocycles. The Morgan fingerprint density at radius 2 is 2.03 bits per heavy atom. The average Bonchev–Trinajstić information content (AvgIpc) is 3.27. The molecule has 3 aromatic rings. The Balaban J connectivity index is 1.68. The number of carbonyl (C=O) groups is 2. The lowest BCUT2D eigenvalue weighted by molar-refractivity contribution is 0.0520. The Morgan fingerprint density at radius 1 is 1.27 bits per heavy atom. The van der Waals surface area contributed by atoms with Gasteiger partial charge in [0, 0.05) is 35.4 Å². The maximum atomic E-state index is 13.0. The molecule has 1 fully saturated rings. The monoisotopic (exact) mass is 492 g/mol. The van der Waals surface area contributed by atoms with Gasteiger partial charge in [0.05, 0.1) is 30.3 Å². The number of morpholine rings is 1. The number of nitrogens with zero attached hydrogens (tertiary/aromatic N) is 2. The van der Waals surface area contributed by atoms with Crippen LogP contribution in [0.5, 0.6) is 0 Å². The highest BCUT2D eigenvalue weighted by atomic mass is 32.2. The van der Waals surface area contributed by atoms with Crippen LogP contribution < -0.4 is 10.9 Å². The quantitative estimate of drug-likeness (QED) is 0.491. The van der Waals surface area contributed by atoms with E-state index in [-0.39, 0.29) is 46.4 Å². The molecule has 0 radical (unpaired) electrons. The van der Waals surface area contributed by atoms with Crippen molar-refractivity contribution >= 4 is 49.3 Å². The van der Waals surface area contributed by atoms with Crippen LogP contribution in [0.3, 0.4) is 0 Å². The lowest BCUT2D eigenvalue weighted by Gasteiger charge is -2.26. The topological polar surface area (TPSA) is 148 Å². The van der Waals surface area contributed by atoms with Crippen molar-refractivity contribution in [1.29, 1.82) is 0 Å². The number of pyridine rings is 1. The predicted molar refractivity (Wildman–Crippen MR) is 120 cm³/mol. The first-order chi connectivity index (χ1) is 15.8. The molecule has 2 N–H and O–H groups in total. The summed E-state index contributed by atoms with van der Waals surface area (Å²) in [6, 6.07) is 5.28. The number of aromatic amines is 1. The van der Waals surface area contributed by atoms with Gasteiger partial charge < -0.3 is 14.5 Å². The predicted octanol–water partition coefficient (Wildman–Crippen LogP) is 1.43. The highest BCUT2D eigenvalue weighted by Gasteiger charge is 2.27. The highest BCUT2D eigenvalue weighted by molar-refractivity contribution is 7.89. The fourth-order valence-electron chi connectivity index (χ4n) is 3.31. The van der Waals surface area contributed by atoms with Gasteiger partial charge in [-0.15, -0.1) is 11.3 Å². The first kappa shape index (κ1) is 23.0. The van der Waals surface area contributed by atoms with E-state index in [0.717, 1.165) is 17.4 Å². The molecule has 2 aromatic heterocycles. The second-order valence-corrected chi connectivity index (χ2v) is 9.78. The molecule has 0 unspecified atom stereocenters. The van der Waals surface area contributed by atoms with E-state index in [4.69, 9.17) is 9.47 Å². The summed E-state index contributed by atoms with van der Waals surface area (Å²) >= 11 is 1.02. The summed E-state index contributed by atoms with van der Waals surface area (Å²) in [7, 11) is -3.81. The van der Waals surface area contributed by atoms with Crippen LogP contribution in [0.15, 0.2) is 39.3 Å². The molecule has 0 atom stereocenters. The minimum atomic E-state index is -3.81. The second kappa shape index (κ2) is 9.39. The first-order valence-electron chi connectivity index (χ1n) is 9.98. The van der Waals surface area contributed by atoms with Gasteiger partial charge in [-0.3, -0.25) is 14.9 Å². The molecule has 1 amide bonds. The number of rotatable bonds is 6. The van der Waals surface area contributed by atoms with E-state index in [9.17, 15) is 22.8 Å². The Hall–Kier alpha value is -3.13. The number of hydrogen-bond acceptors (Lipinski definition) is 9. The number of aromatic nitrogens is 2. The third kappa shape index (κ3) is 4.80. The van der Waals surface area contributed by atoms with Gasteiger partial charge in [0.15, 0.2) is 10.8 Å². The van der Waals surface area contributed by atoms with Gasteiger partial charge in [0.25, 0.3) is 5.91 Å². The van der Waals surface area contributed by atoms with E-state index in [0.29, 0.717) is 18.7 Å². The molecule has 33 heavy (non-hydrogen) atoms. The number of carbonyl (C=O) groups excluding carboxylic acids is 2. The second-order valence-electron chi connectivity index (χ2n) is 6.98. The van der Waals surface area contributed by atoms with Gasteiger partial charge in [-0.05, 0) is 25.1 Å². The zero-order chi connectivity index (χ0) is 23.6. The Bertz CT molecular complexity index is 1370. The van der Waals surface area contributed by atoms with Gasteiger partial charge in [-0.25, -0.2) is 18.2 Å². The summed E-state index contributed by atoms with van der Waals surface area (Å²) in [5.41, 5.74) is -0.199. The van der Waals surface area contributed by atoms with Crippen molar-refractivity contribution in [3.63, 3.8) is 0 Å². The molecule has 11 nitrogen and oxygen atoms in total. The summed E-state index contributed by atoms with van der Waals surface area (Å²) in [6.07, 6.45) is 0. The summed E-state index contributed by atoms with van der Waals surface area (Å²) < 4.78 is 37.5. The van der Waals surface area contributed by atoms with Crippen LogP contribution >= 0.6 is 11.3 Å². The molecule has 0 bridgehead atoms. The standard InChI is InChI=1S/C20H20N4O7S2/c1-2-31-19(27)16-11-32-20(22-16)23-18(26)14-10-17(25)21-15-4-3-12(9-13(14)15)33(28,29)24-5-7-30-8-6-24/h3-4,9-11H,2,5-8H2,1H3,(H,21,25)(H,22,23,26). The zero-order valence-electron chi connectivity index (χ0n) is 17.5. The molecular formula is C20H20N4O7S2. The van der Waals surface area contributed by atoms with Crippen molar-refractivity contribution in [2.24, 2.45) is 0 Å². The molecule has 174 valence electrons. The summed E-state index contributed by atoms with van der Waals surface area (Å²) in [4.78, 5) is 43.5. The van der Waals surface area contributed by atoms with Crippen LogP contribution in [0.4, 0.5) is 5.13 Å². The maximum absolute atomic E-state index is 13.0. The van der Waals surface area contributed by atoms with Crippen LogP contribution in [-0.4, -0.2) is 67.5 Å². The van der Waals surface area contributed by atoms with Crippen LogP contribution in [0.25, 0.3) is 10.9 Å². The molecule has 4 rings (SSSR count). The number of sulfonamides is 1. The number of benzene rings is 1. The number of nitrogens with one attached hydrogen (secondary N) is 2. The largest absolute Gasteiger partial charge is 0.461 e. The third-order valence-corrected chi connectivity index (χ3v) is 7.53. The van der Waals surface area contributed by atoms with Crippen LogP contribution in [-0.2, 0) is 19.5 Å². The van der Waals surface area contributed by atoms with E-state index < -0.39 is 27.5 Å². The van der Waals surface area contributed by atoms with Gasteiger partial charge >= 0.3 is 5.97 Å². The fraction of sp³-hybridized carbons (Fsp3) is 0.300. The SMILES string of the molecule is CCOC(=O)c1csc(NC(=O)c2cc(=O)[nH]c3ccc(S(=O)(=O)N4CCOCC4)cc23)n1. The number of anilines is 1. The molecular weight excluding hydrogens is 472 g/mol. The molecule has 13 heteroatoms. The summed E-state index contributed by atoms with van der Waals surface area (Å²) in [6.45, 7) is 2.91. The molecule has 0 aliphatic carbocycles. The molecule has 0 spiro atoms. The Labute approximate surface area is 192 Å². The van der Waals surface area contributed by atoms with Crippen molar-refractivity contribution in [3.8, 4) is 0 Å². The minimum absolute atomic E-state index is 0.00292. The molecule has 1 aliphatic heterocycles. The van der Waals surface area contributed by atoms with E-state index in [1.165, 1.54) is 27.9 Å². The Morgan fingerprint density at radius 3 is 2.76 bits per heavy atom. The van der Waals surface area contributed by atoms with Gasteiger partial charge in [-0.2, -0.15) is 4.31 Å². The summed E-state index contributed by atoms with van der Waals surface area (Å²) in [5.74, 6) is -1.29.